The molecular formula is C24H27NO8. The first-order valence-electron chi connectivity index (χ1n) is 11.1. The Bertz CT molecular complexity index is 1110. The van der Waals surface area contributed by atoms with Gasteiger partial charge in [0, 0.05) is 23.2 Å². The number of hydrogen-bond acceptors (Lipinski definition) is 7. The van der Waals surface area contributed by atoms with E-state index in [1.165, 1.54) is 6.08 Å². The second-order valence-electron chi connectivity index (χ2n) is 10.3. The zero-order chi connectivity index (χ0) is 23.9. The van der Waals surface area contributed by atoms with Gasteiger partial charge in [-0.1, -0.05) is 13.0 Å². The molecule has 3 aliphatic carbocycles. The molecule has 2 saturated heterocycles. The number of carbonyl (C=O) groups is 3. The number of phenols is 2. The van der Waals surface area contributed by atoms with Gasteiger partial charge >= 0.3 is 5.97 Å². The highest BCUT2D eigenvalue weighted by molar-refractivity contribution is 6.00. The molecule has 4 bridgehead atoms. The van der Waals surface area contributed by atoms with Gasteiger partial charge in [-0.25, -0.2) is 4.79 Å². The number of aliphatic hydroxyl groups is 1. The fourth-order valence-corrected chi connectivity index (χ4v) is 7.05. The number of anilines is 1. The number of benzene rings is 1. The Labute approximate surface area is 190 Å². The van der Waals surface area contributed by atoms with E-state index in [-0.39, 0.29) is 42.3 Å². The van der Waals surface area contributed by atoms with Gasteiger partial charge in [0.25, 0.3) is 0 Å². The van der Waals surface area contributed by atoms with Crippen LogP contribution in [0.25, 0.3) is 0 Å². The fourth-order valence-electron chi connectivity index (χ4n) is 7.05. The molecule has 0 aromatic heterocycles. The minimum atomic E-state index is -1.40. The van der Waals surface area contributed by atoms with E-state index in [9.17, 15) is 29.7 Å². The first-order valence-corrected chi connectivity index (χ1v) is 11.1. The smallest absolute Gasteiger partial charge is 0.339 e. The molecule has 2 saturated carbocycles. The molecule has 176 valence electrons. The molecule has 2 heterocycles. The summed E-state index contributed by atoms with van der Waals surface area (Å²) in [5.41, 5.74) is -2.97. The average molecular weight is 457 g/mol. The Morgan fingerprint density at radius 2 is 1.97 bits per heavy atom. The van der Waals surface area contributed by atoms with Crippen molar-refractivity contribution in [3.63, 3.8) is 0 Å². The van der Waals surface area contributed by atoms with Gasteiger partial charge in [0.15, 0.2) is 11.5 Å². The minimum absolute atomic E-state index is 0.109. The molecular weight excluding hydrogens is 430 g/mol. The van der Waals surface area contributed by atoms with Crippen molar-refractivity contribution in [2.75, 3.05) is 5.32 Å². The van der Waals surface area contributed by atoms with Crippen LogP contribution in [0.15, 0.2) is 24.3 Å². The van der Waals surface area contributed by atoms with Crippen LogP contribution in [0.4, 0.5) is 5.69 Å². The van der Waals surface area contributed by atoms with Gasteiger partial charge in [0.1, 0.15) is 17.0 Å². The SMILES string of the molecule is CC1(CCC(=O)Nc2c(O)ccc(C(=O)O)c2O)C(=O)C=CC23CC4CC(OC4(C)C2O)C13. The standard InChI is InChI=1S/C24H27NO8/c1-22(7-6-16(28)25-17-13(26)4-3-12(18(17)29)20(30)31)15(27)5-8-24-10-11-9-14(19(22)24)33-23(11,2)21(24)32/h3-5,8,11,14,19,21,26,29,32H,6-7,9-10H2,1-2H3,(H,25,28)(H,30,31). The molecule has 4 fully saturated rings. The zero-order valence-corrected chi connectivity index (χ0v) is 18.4. The Hall–Kier alpha value is -2.91. The highest BCUT2D eigenvalue weighted by Crippen LogP contribution is 2.71. The maximum atomic E-state index is 13.1. The summed E-state index contributed by atoms with van der Waals surface area (Å²) in [6, 6.07) is 2.11. The molecule has 1 aromatic carbocycles. The highest BCUT2D eigenvalue weighted by Gasteiger charge is 2.76. The number of amides is 1. The van der Waals surface area contributed by atoms with Gasteiger partial charge in [-0.05, 0) is 50.3 Å². The van der Waals surface area contributed by atoms with Crippen LogP contribution in [0.1, 0.15) is 49.9 Å². The monoisotopic (exact) mass is 457 g/mol. The van der Waals surface area contributed by atoms with E-state index in [1.54, 1.807) is 0 Å². The zero-order valence-electron chi connectivity index (χ0n) is 18.4. The number of ketones is 1. The molecule has 7 unspecified atom stereocenters. The maximum absolute atomic E-state index is 13.1. The van der Waals surface area contributed by atoms with E-state index in [0.29, 0.717) is 0 Å². The van der Waals surface area contributed by atoms with Crippen molar-refractivity contribution < 1.29 is 39.5 Å². The summed E-state index contributed by atoms with van der Waals surface area (Å²) in [5, 5.41) is 42.9. The molecule has 5 aliphatic rings. The quantitative estimate of drug-likeness (QED) is 0.422. The van der Waals surface area contributed by atoms with Gasteiger partial charge in [-0.2, -0.15) is 0 Å². The molecule has 9 heteroatoms. The number of hydrogen-bond donors (Lipinski definition) is 5. The van der Waals surface area contributed by atoms with Crippen molar-refractivity contribution in [1.82, 2.24) is 0 Å². The summed E-state index contributed by atoms with van der Waals surface area (Å²) < 4.78 is 6.27. The number of allylic oxidation sites excluding steroid dienone is 1. The molecule has 7 atom stereocenters. The molecule has 33 heavy (non-hydrogen) atoms. The van der Waals surface area contributed by atoms with Crippen molar-refractivity contribution in [2.24, 2.45) is 22.7 Å². The third kappa shape index (κ3) is 2.75. The summed E-state index contributed by atoms with van der Waals surface area (Å²) in [4.78, 5) is 37.0. The third-order valence-electron chi connectivity index (χ3n) is 8.65. The van der Waals surface area contributed by atoms with Crippen LogP contribution in [0.5, 0.6) is 11.5 Å². The van der Waals surface area contributed by atoms with Crippen molar-refractivity contribution in [1.29, 1.82) is 0 Å². The van der Waals surface area contributed by atoms with E-state index in [4.69, 9.17) is 9.84 Å². The van der Waals surface area contributed by atoms with Crippen molar-refractivity contribution in [2.45, 2.75) is 57.3 Å². The van der Waals surface area contributed by atoms with E-state index in [2.05, 4.69) is 5.32 Å². The van der Waals surface area contributed by atoms with Crippen molar-refractivity contribution in [3.05, 3.63) is 29.8 Å². The number of aliphatic hydroxyl groups excluding tert-OH is 1. The number of phenolic OH excluding ortho intramolecular Hbond substituents is 1. The lowest BCUT2D eigenvalue weighted by molar-refractivity contribution is -0.219. The molecule has 1 aromatic rings. The van der Waals surface area contributed by atoms with Crippen LogP contribution >= 0.6 is 0 Å². The molecule has 0 radical (unpaired) electrons. The average Bonchev–Trinajstić information content (AvgIpc) is 3.09. The Morgan fingerprint density at radius 1 is 1.24 bits per heavy atom. The number of ether oxygens (including phenoxy) is 1. The second-order valence-corrected chi connectivity index (χ2v) is 10.3. The van der Waals surface area contributed by atoms with E-state index < -0.39 is 51.5 Å². The summed E-state index contributed by atoms with van der Waals surface area (Å²) in [7, 11) is 0. The molecule has 9 nitrogen and oxygen atoms in total. The number of aromatic hydroxyl groups is 2. The molecule has 2 aliphatic heterocycles. The Balaban J connectivity index is 1.38. The van der Waals surface area contributed by atoms with Crippen LogP contribution in [0, 0.1) is 22.7 Å². The van der Waals surface area contributed by atoms with Gasteiger partial charge in [0.2, 0.25) is 5.91 Å². The predicted octanol–water partition coefficient (Wildman–Crippen LogP) is 2.20. The number of rotatable bonds is 5. The highest BCUT2D eigenvalue weighted by atomic mass is 16.5. The molecule has 5 N–H and O–H groups in total. The summed E-state index contributed by atoms with van der Waals surface area (Å²) in [5.74, 6) is -3.37. The van der Waals surface area contributed by atoms with E-state index in [0.717, 1.165) is 25.0 Å². The van der Waals surface area contributed by atoms with Gasteiger partial charge in [-0.3, -0.25) is 9.59 Å². The largest absolute Gasteiger partial charge is 0.506 e. The van der Waals surface area contributed by atoms with Gasteiger partial charge < -0.3 is 30.5 Å². The number of nitrogens with one attached hydrogen (secondary N) is 1. The van der Waals surface area contributed by atoms with Crippen LogP contribution in [-0.4, -0.2) is 55.9 Å². The van der Waals surface area contributed by atoms with Crippen molar-refractivity contribution in [3.8, 4) is 11.5 Å². The number of carboxylic acid groups (broad SMARTS) is 1. The lowest BCUT2D eigenvalue weighted by Crippen LogP contribution is -2.62. The Kier molecular flexibility index (Phi) is 4.52. The van der Waals surface area contributed by atoms with Crippen LogP contribution in [0.3, 0.4) is 0 Å². The lowest BCUT2D eigenvalue weighted by Gasteiger charge is -2.57. The molecule has 1 spiro atoms. The van der Waals surface area contributed by atoms with Crippen LogP contribution in [0.2, 0.25) is 0 Å². The molecule has 6 rings (SSSR count). The topological polar surface area (TPSA) is 153 Å². The maximum Gasteiger partial charge on any atom is 0.339 e. The van der Waals surface area contributed by atoms with Crippen molar-refractivity contribution >= 4 is 23.3 Å². The van der Waals surface area contributed by atoms with Gasteiger partial charge in [0.05, 0.1) is 17.8 Å². The van der Waals surface area contributed by atoms with Crippen LogP contribution < -0.4 is 5.32 Å². The van der Waals surface area contributed by atoms with Crippen LogP contribution in [-0.2, 0) is 14.3 Å². The summed E-state index contributed by atoms with van der Waals surface area (Å²) >= 11 is 0. The number of aromatic carboxylic acids is 1. The fraction of sp³-hybridized carbons (Fsp3) is 0.542. The minimum Gasteiger partial charge on any atom is -0.506 e. The normalized spacial score (nSPS) is 40.2. The summed E-state index contributed by atoms with van der Waals surface area (Å²) in [6.07, 6.45) is 4.04. The lowest BCUT2D eigenvalue weighted by atomic mass is 9.50. The first-order chi connectivity index (χ1) is 15.4. The third-order valence-corrected chi connectivity index (χ3v) is 8.65. The number of carboxylic acids is 1. The van der Waals surface area contributed by atoms with E-state index >= 15 is 0 Å². The second kappa shape index (κ2) is 6.80. The first kappa shape index (κ1) is 21.9. The van der Waals surface area contributed by atoms with E-state index in [1.807, 2.05) is 19.9 Å². The molecule has 1 amide bonds. The number of carbonyl (C=O) groups excluding carboxylic acids is 2. The Morgan fingerprint density at radius 3 is 2.64 bits per heavy atom. The summed E-state index contributed by atoms with van der Waals surface area (Å²) in [6.45, 7) is 3.75. The van der Waals surface area contributed by atoms with Gasteiger partial charge in [-0.15, -0.1) is 0 Å². The predicted molar refractivity (Wildman–Crippen MR) is 115 cm³/mol.